The Hall–Kier alpha value is -1.85. The summed E-state index contributed by atoms with van der Waals surface area (Å²) in [5.74, 6) is 0. The van der Waals surface area contributed by atoms with Gasteiger partial charge >= 0.3 is 0 Å². The fourth-order valence-corrected chi connectivity index (χ4v) is 2.81. The first-order valence-corrected chi connectivity index (χ1v) is 7.78. The second kappa shape index (κ2) is 5.64. The van der Waals surface area contributed by atoms with E-state index in [4.69, 9.17) is 0 Å². The molecule has 106 valence electrons. The van der Waals surface area contributed by atoms with Crippen LogP contribution in [0.1, 0.15) is 16.7 Å². The Balaban J connectivity index is 2.15. The van der Waals surface area contributed by atoms with E-state index in [2.05, 4.69) is 10.3 Å². The van der Waals surface area contributed by atoms with Gasteiger partial charge in [0.2, 0.25) is 0 Å². The summed E-state index contributed by atoms with van der Waals surface area (Å²) in [7, 11) is -3.56. The van der Waals surface area contributed by atoms with Crippen molar-refractivity contribution < 1.29 is 8.42 Å². The molecule has 0 bridgehead atoms. The maximum absolute atomic E-state index is 12.1. The number of hydrogen-bond acceptors (Lipinski definition) is 3. The molecule has 0 aliphatic rings. The number of rotatable bonds is 4. The molecule has 0 aromatic heterocycles. The lowest BCUT2D eigenvalue weighted by atomic mass is 10.1. The van der Waals surface area contributed by atoms with Crippen molar-refractivity contribution in [3.8, 4) is 0 Å². The highest BCUT2D eigenvalue weighted by Gasteiger charge is 2.13. The van der Waals surface area contributed by atoms with E-state index in [1.807, 2.05) is 39.0 Å². The first-order valence-electron chi connectivity index (χ1n) is 6.29. The quantitative estimate of drug-likeness (QED) is 0.851. The van der Waals surface area contributed by atoms with Gasteiger partial charge in [-0.05, 0) is 56.2 Å². The molecule has 4 nitrogen and oxygen atoms in total. The lowest BCUT2D eigenvalue weighted by molar-refractivity contribution is 0.587. The summed E-state index contributed by atoms with van der Waals surface area (Å²) < 4.78 is 24.2. The molecule has 0 unspecified atom stereocenters. The monoisotopic (exact) mass is 290 g/mol. The predicted octanol–water partition coefficient (Wildman–Crippen LogP) is 2.92. The van der Waals surface area contributed by atoms with Crippen molar-refractivity contribution >= 4 is 15.7 Å². The zero-order valence-electron chi connectivity index (χ0n) is 11.8. The van der Waals surface area contributed by atoms with Crippen LogP contribution in [0.4, 0.5) is 5.69 Å². The maximum Gasteiger partial charge on any atom is 0.257 e. The standard InChI is InChI=1S/C15H18N2O2S/c1-11-4-6-15(7-5-11)20(18,19)17-16-14-9-12(2)8-13(3)10-14/h4-10,16-17H,1-3H3. The molecule has 2 aromatic rings. The predicted molar refractivity (Wildman–Crippen MR) is 81.0 cm³/mol. The molecule has 2 rings (SSSR count). The zero-order valence-corrected chi connectivity index (χ0v) is 12.6. The van der Waals surface area contributed by atoms with E-state index in [1.54, 1.807) is 24.3 Å². The summed E-state index contributed by atoms with van der Waals surface area (Å²) in [6.07, 6.45) is 0. The molecular weight excluding hydrogens is 272 g/mol. The third-order valence-corrected chi connectivity index (χ3v) is 4.15. The number of anilines is 1. The minimum absolute atomic E-state index is 0.236. The second-order valence-corrected chi connectivity index (χ2v) is 6.60. The number of hydrazine groups is 1. The van der Waals surface area contributed by atoms with Crippen molar-refractivity contribution in [1.82, 2.24) is 4.83 Å². The number of sulfonamides is 1. The Morgan fingerprint density at radius 3 is 1.90 bits per heavy atom. The van der Waals surface area contributed by atoms with Crippen LogP contribution in [0.2, 0.25) is 0 Å². The minimum atomic E-state index is -3.56. The molecule has 0 saturated heterocycles. The van der Waals surface area contributed by atoms with Crippen LogP contribution in [0.3, 0.4) is 0 Å². The number of nitrogens with one attached hydrogen (secondary N) is 2. The van der Waals surface area contributed by atoms with Gasteiger partial charge in [-0.3, -0.25) is 0 Å². The Bertz CT molecular complexity index is 687. The van der Waals surface area contributed by atoms with Crippen molar-refractivity contribution in [3.63, 3.8) is 0 Å². The molecule has 0 amide bonds. The van der Waals surface area contributed by atoms with Crippen molar-refractivity contribution in [2.75, 3.05) is 5.43 Å². The van der Waals surface area contributed by atoms with Gasteiger partial charge in [0.05, 0.1) is 10.6 Å². The van der Waals surface area contributed by atoms with Crippen LogP contribution < -0.4 is 10.3 Å². The van der Waals surface area contributed by atoms with Crippen LogP contribution in [0, 0.1) is 20.8 Å². The fourth-order valence-electron chi connectivity index (χ4n) is 1.95. The topological polar surface area (TPSA) is 58.2 Å². The summed E-state index contributed by atoms with van der Waals surface area (Å²) in [4.78, 5) is 2.62. The molecule has 20 heavy (non-hydrogen) atoms. The summed E-state index contributed by atoms with van der Waals surface area (Å²) in [6, 6.07) is 12.5. The molecular formula is C15H18N2O2S. The maximum atomic E-state index is 12.1. The highest BCUT2D eigenvalue weighted by molar-refractivity contribution is 7.89. The number of benzene rings is 2. The van der Waals surface area contributed by atoms with E-state index in [9.17, 15) is 8.42 Å². The van der Waals surface area contributed by atoms with Gasteiger partial charge in [-0.2, -0.15) is 0 Å². The first kappa shape index (κ1) is 14.6. The molecule has 0 aliphatic carbocycles. The van der Waals surface area contributed by atoms with Gasteiger partial charge in [-0.25, -0.2) is 8.42 Å². The Morgan fingerprint density at radius 1 is 0.800 bits per heavy atom. The van der Waals surface area contributed by atoms with Crippen LogP contribution in [0.15, 0.2) is 47.4 Å². The van der Waals surface area contributed by atoms with E-state index in [0.717, 1.165) is 22.4 Å². The van der Waals surface area contributed by atoms with Crippen molar-refractivity contribution in [2.45, 2.75) is 25.7 Å². The second-order valence-electron chi connectivity index (χ2n) is 4.92. The molecule has 0 saturated carbocycles. The SMILES string of the molecule is Cc1ccc(S(=O)(=O)NNc2cc(C)cc(C)c2)cc1. The minimum Gasteiger partial charge on any atom is -0.308 e. The van der Waals surface area contributed by atoms with E-state index >= 15 is 0 Å². The van der Waals surface area contributed by atoms with Crippen LogP contribution >= 0.6 is 0 Å². The summed E-state index contributed by atoms with van der Waals surface area (Å²) in [6.45, 7) is 5.84. The Kier molecular flexibility index (Phi) is 4.11. The largest absolute Gasteiger partial charge is 0.308 e. The van der Waals surface area contributed by atoms with Gasteiger partial charge in [0.25, 0.3) is 10.0 Å². The van der Waals surface area contributed by atoms with Gasteiger partial charge in [0.15, 0.2) is 0 Å². The first-order chi connectivity index (χ1) is 9.37. The summed E-state index contributed by atoms with van der Waals surface area (Å²) in [5.41, 5.74) is 6.62. The molecule has 2 N–H and O–H groups in total. The van der Waals surface area contributed by atoms with Crippen molar-refractivity contribution in [1.29, 1.82) is 0 Å². The molecule has 0 spiro atoms. The van der Waals surface area contributed by atoms with E-state index in [1.165, 1.54) is 0 Å². The fraction of sp³-hybridized carbons (Fsp3) is 0.200. The summed E-state index contributed by atoms with van der Waals surface area (Å²) in [5, 5.41) is 0. The van der Waals surface area contributed by atoms with Crippen molar-refractivity contribution in [3.05, 3.63) is 59.2 Å². The lowest BCUT2D eigenvalue weighted by Crippen LogP contribution is -2.29. The average molecular weight is 290 g/mol. The Morgan fingerprint density at radius 2 is 1.35 bits per heavy atom. The highest BCUT2D eigenvalue weighted by Crippen LogP contribution is 2.14. The van der Waals surface area contributed by atoms with Crippen LogP contribution in [0.25, 0.3) is 0 Å². The van der Waals surface area contributed by atoms with E-state index in [0.29, 0.717) is 0 Å². The van der Waals surface area contributed by atoms with Gasteiger partial charge in [0, 0.05) is 0 Å². The number of hydrogen-bond donors (Lipinski definition) is 2. The third kappa shape index (κ3) is 3.59. The van der Waals surface area contributed by atoms with Gasteiger partial charge < -0.3 is 5.43 Å². The van der Waals surface area contributed by atoms with Gasteiger partial charge in [-0.15, -0.1) is 4.83 Å². The molecule has 0 aliphatic heterocycles. The molecule has 5 heteroatoms. The van der Waals surface area contributed by atoms with Gasteiger partial charge in [0.1, 0.15) is 0 Å². The zero-order chi connectivity index (χ0) is 14.8. The van der Waals surface area contributed by atoms with Crippen LogP contribution in [0.5, 0.6) is 0 Å². The molecule has 0 heterocycles. The Labute approximate surface area is 119 Å². The van der Waals surface area contributed by atoms with E-state index in [-0.39, 0.29) is 4.90 Å². The number of aryl methyl sites for hydroxylation is 3. The molecule has 2 aromatic carbocycles. The lowest BCUT2D eigenvalue weighted by Gasteiger charge is -2.11. The van der Waals surface area contributed by atoms with E-state index < -0.39 is 10.0 Å². The molecule has 0 atom stereocenters. The van der Waals surface area contributed by atoms with Crippen LogP contribution in [-0.4, -0.2) is 8.42 Å². The molecule has 0 radical (unpaired) electrons. The van der Waals surface area contributed by atoms with Crippen molar-refractivity contribution in [2.24, 2.45) is 0 Å². The average Bonchev–Trinajstić information content (AvgIpc) is 2.36. The third-order valence-electron chi connectivity index (χ3n) is 2.88. The molecule has 0 fully saturated rings. The highest BCUT2D eigenvalue weighted by atomic mass is 32.2. The van der Waals surface area contributed by atoms with Crippen LogP contribution in [-0.2, 0) is 10.0 Å². The smallest absolute Gasteiger partial charge is 0.257 e. The van der Waals surface area contributed by atoms with Gasteiger partial charge in [-0.1, -0.05) is 23.8 Å². The normalized spacial score (nSPS) is 11.3. The summed E-state index contributed by atoms with van der Waals surface area (Å²) >= 11 is 0.